The summed E-state index contributed by atoms with van der Waals surface area (Å²) in [6, 6.07) is 0. The molecule has 0 atom stereocenters. The van der Waals surface area contributed by atoms with Crippen molar-refractivity contribution in [2.45, 2.75) is 0 Å². The van der Waals surface area contributed by atoms with Crippen LogP contribution in [0.1, 0.15) is 0 Å². The van der Waals surface area contributed by atoms with Crippen molar-refractivity contribution in [1.29, 1.82) is 0 Å². The van der Waals surface area contributed by atoms with Crippen LogP contribution in [0, 0.1) is 0 Å². The van der Waals surface area contributed by atoms with Gasteiger partial charge in [0.1, 0.15) is 0 Å². The molecule has 0 radical (unpaired) electrons. The predicted octanol–water partition coefficient (Wildman–Crippen LogP) is -2.95. The van der Waals surface area contributed by atoms with Crippen molar-refractivity contribution >= 4 is 20.8 Å². The molecule has 0 aromatic rings. The molecular formula is H4O11S2Zn. The molecule has 14 heavy (non-hydrogen) atoms. The van der Waals surface area contributed by atoms with Crippen LogP contribution in [-0.4, -0.2) is 41.9 Å². The first kappa shape index (κ1) is 23.8. The molecule has 84 valence electrons. The quantitative estimate of drug-likeness (QED) is 0.174. The van der Waals surface area contributed by atoms with E-state index in [1.807, 2.05) is 0 Å². The summed E-state index contributed by atoms with van der Waals surface area (Å²) in [4.78, 5) is 0. The summed E-state index contributed by atoms with van der Waals surface area (Å²) >= 11 is 0. The number of hydrogen-bond donors (Lipinski definition) is 2. The van der Waals surface area contributed by atoms with Crippen LogP contribution in [-0.2, 0) is 48.9 Å². The first-order chi connectivity index (χ1) is 5.12. The van der Waals surface area contributed by atoms with E-state index >= 15 is 0 Å². The molecule has 0 unspecified atom stereocenters. The van der Waals surface area contributed by atoms with Crippen LogP contribution in [0.3, 0.4) is 0 Å². The molecule has 0 heterocycles. The summed E-state index contributed by atoms with van der Waals surface area (Å²) in [5, 5.41) is 14.0. The van der Waals surface area contributed by atoms with E-state index < -0.39 is 20.8 Å². The second-order valence-electron chi connectivity index (χ2n) is 0.966. The molecule has 0 fully saturated rings. The minimum atomic E-state index is -4.86. The molecule has 0 spiro atoms. The third-order valence-electron chi connectivity index (χ3n) is 0.183. The van der Waals surface area contributed by atoms with E-state index in [1.165, 1.54) is 0 Å². The molecule has 0 aliphatic rings. The van der Waals surface area contributed by atoms with Gasteiger partial charge in [-0.25, -0.2) is 27.4 Å². The molecule has 0 saturated carbocycles. The maximum absolute atomic E-state index is 8.97. The van der Waals surface area contributed by atoms with Gasteiger partial charge in [0.2, 0.25) is 20.8 Å². The van der Waals surface area contributed by atoms with Crippen molar-refractivity contribution in [3.05, 3.63) is 0 Å². The second-order valence-corrected chi connectivity index (χ2v) is 2.90. The van der Waals surface area contributed by atoms with Crippen LogP contribution in [0.25, 0.3) is 0 Å². The summed E-state index contributed by atoms with van der Waals surface area (Å²) < 4.78 is 58.5. The monoisotopic (exact) mass is 308 g/mol. The molecule has 0 saturated heterocycles. The smallest absolute Gasteiger partial charge is 0.724 e. The summed E-state index contributed by atoms with van der Waals surface area (Å²) in [5.74, 6) is 0. The average molecular weight is 310 g/mol. The van der Waals surface area contributed by atoms with Crippen molar-refractivity contribution in [3.63, 3.8) is 0 Å². The van der Waals surface area contributed by atoms with Crippen LogP contribution in [0.2, 0.25) is 0 Å². The van der Waals surface area contributed by atoms with E-state index in [9.17, 15) is 0 Å². The Morgan fingerprint density at radius 2 is 0.929 bits per heavy atom. The molecule has 11 nitrogen and oxygen atoms in total. The zero-order valence-corrected chi connectivity index (χ0v) is 10.8. The van der Waals surface area contributed by atoms with Crippen molar-refractivity contribution in [3.8, 4) is 0 Å². The second kappa shape index (κ2) is 9.79. The molecular weight excluding hydrogens is 306 g/mol. The van der Waals surface area contributed by atoms with Gasteiger partial charge in [-0.2, -0.15) is 0 Å². The molecule has 0 aromatic heterocycles. The van der Waals surface area contributed by atoms with Crippen molar-refractivity contribution in [2.24, 2.45) is 0 Å². The molecule has 0 amide bonds. The molecule has 0 bridgehead atoms. The van der Waals surface area contributed by atoms with Gasteiger partial charge in [-0.1, -0.05) is 0 Å². The van der Waals surface area contributed by atoms with Gasteiger partial charge >= 0.3 is 19.5 Å². The SMILES string of the molecule is O.O=S(=O)([O-])OO.O=S(=O)([O-])OO.[Zn+2]. The molecule has 4 N–H and O–H groups in total. The first-order valence-corrected chi connectivity index (χ1v) is 4.37. The topological polar surface area (TPSA) is 205 Å². The van der Waals surface area contributed by atoms with Crippen LogP contribution in [0.15, 0.2) is 0 Å². The van der Waals surface area contributed by atoms with Crippen molar-refractivity contribution in [2.75, 3.05) is 0 Å². The Labute approximate surface area is 91.1 Å². The van der Waals surface area contributed by atoms with E-state index in [4.69, 9.17) is 36.5 Å². The largest absolute Gasteiger partial charge is 2.00 e. The van der Waals surface area contributed by atoms with Gasteiger partial charge in [0.05, 0.1) is 0 Å². The standard InChI is InChI=1S/2H2O5S.H2O.Zn/c2*1-5-6(2,3)4;;/h2*1H,(H,2,3,4);1H2;/q;;;+2/p-2. The maximum Gasteiger partial charge on any atom is 2.00 e. The maximum atomic E-state index is 8.97. The minimum Gasteiger partial charge on any atom is -0.724 e. The van der Waals surface area contributed by atoms with E-state index in [0.717, 1.165) is 0 Å². The van der Waals surface area contributed by atoms with Gasteiger partial charge in [-0.05, 0) is 0 Å². The fraction of sp³-hybridized carbons (Fsp3) is 0. The van der Waals surface area contributed by atoms with Gasteiger partial charge in [-0.3, -0.25) is 0 Å². The predicted molar refractivity (Wildman–Crippen MR) is 30.4 cm³/mol. The average Bonchev–Trinajstić information content (AvgIpc) is 1.86. The molecule has 14 heteroatoms. The van der Waals surface area contributed by atoms with Crippen LogP contribution >= 0.6 is 0 Å². The summed E-state index contributed by atoms with van der Waals surface area (Å²) in [6.07, 6.45) is 0. The number of hydrogen-bond acceptors (Lipinski definition) is 10. The molecule has 0 aliphatic carbocycles. The molecule has 0 aliphatic heterocycles. The Morgan fingerprint density at radius 3 is 0.929 bits per heavy atom. The van der Waals surface area contributed by atoms with Crippen molar-refractivity contribution in [1.82, 2.24) is 0 Å². The fourth-order valence-electron chi connectivity index (χ4n) is 0. The van der Waals surface area contributed by atoms with E-state index in [2.05, 4.69) is 8.67 Å². The van der Waals surface area contributed by atoms with E-state index in [1.54, 1.807) is 0 Å². The Kier molecular flexibility index (Phi) is 16.6. The van der Waals surface area contributed by atoms with Gasteiger partial charge in [0.15, 0.2) is 0 Å². The van der Waals surface area contributed by atoms with Crippen LogP contribution in [0.4, 0.5) is 0 Å². The normalized spacial score (nSPS) is 10.0. The third kappa shape index (κ3) is 39.7. The number of rotatable bonds is 2. The minimum absolute atomic E-state index is 0. The van der Waals surface area contributed by atoms with E-state index in [0.29, 0.717) is 0 Å². The third-order valence-corrected chi connectivity index (χ3v) is 0.548. The van der Waals surface area contributed by atoms with Crippen LogP contribution < -0.4 is 0 Å². The van der Waals surface area contributed by atoms with Gasteiger partial charge in [-0.15, -0.1) is 8.67 Å². The summed E-state index contributed by atoms with van der Waals surface area (Å²) in [5.41, 5.74) is 0. The first-order valence-electron chi connectivity index (χ1n) is 1.70. The van der Waals surface area contributed by atoms with E-state index in [-0.39, 0.29) is 25.0 Å². The van der Waals surface area contributed by atoms with Gasteiger partial charge in [0, 0.05) is 0 Å². The van der Waals surface area contributed by atoms with Crippen molar-refractivity contribution < 1.29 is 70.1 Å². The van der Waals surface area contributed by atoms with Crippen LogP contribution in [0.5, 0.6) is 0 Å². The Bertz CT molecular complexity index is 249. The Morgan fingerprint density at radius 1 is 0.857 bits per heavy atom. The molecule has 0 rings (SSSR count). The summed E-state index contributed by atoms with van der Waals surface area (Å²) in [7, 11) is -9.71. The Balaban J connectivity index is -0.0000000625. The fourth-order valence-corrected chi connectivity index (χ4v) is 0. The zero-order valence-electron chi connectivity index (χ0n) is 6.18. The Hall–Kier alpha value is 0.243. The summed E-state index contributed by atoms with van der Waals surface area (Å²) in [6.45, 7) is 0. The zero-order chi connectivity index (χ0) is 10.4. The van der Waals surface area contributed by atoms with Gasteiger partial charge < -0.3 is 14.6 Å². The molecule has 0 aromatic carbocycles. The van der Waals surface area contributed by atoms with Gasteiger partial charge in [0.25, 0.3) is 0 Å².